The first-order valence-corrected chi connectivity index (χ1v) is 10.3. The zero-order valence-corrected chi connectivity index (χ0v) is 16.9. The summed E-state index contributed by atoms with van der Waals surface area (Å²) in [7, 11) is 2.19. The van der Waals surface area contributed by atoms with Crippen LogP contribution in [0.2, 0.25) is 0 Å². The van der Waals surface area contributed by atoms with Crippen molar-refractivity contribution in [3.8, 4) is 0 Å². The molecule has 3 heterocycles. The van der Waals surface area contributed by atoms with Gasteiger partial charge >= 0.3 is 0 Å². The molecule has 3 aromatic rings. The summed E-state index contributed by atoms with van der Waals surface area (Å²) in [5.74, 6) is 1.67. The molecule has 1 fully saturated rings. The summed E-state index contributed by atoms with van der Waals surface area (Å²) in [6.45, 7) is 4.05. The molecule has 2 aromatic heterocycles. The maximum absolute atomic E-state index is 9.66. The number of anilines is 2. The minimum absolute atomic E-state index is 0.00306. The highest BCUT2D eigenvalue weighted by Crippen LogP contribution is 2.24. The highest BCUT2D eigenvalue weighted by Gasteiger charge is 2.16. The van der Waals surface area contributed by atoms with Crippen molar-refractivity contribution in [3.63, 3.8) is 0 Å². The first-order chi connectivity index (χ1) is 14.2. The molecule has 0 radical (unpaired) electrons. The summed E-state index contributed by atoms with van der Waals surface area (Å²) in [5.41, 5.74) is 2.98. The van der Waals surface area contributed by atoms with Gasteiger partial charge in [-0.05, 0) is 79.7 Å². The van der Waals surface area contributed by atoms with Gasteiger partial charge in [-0.25, -0.2) is 4.98 Å². The first-order valence-electron chi connectivity index (χ1n) is 10.3. The predicted molar refractivity (Wildman–Crippen MR) is 118 cm³/mol. The highest BCUT2D eigenvalue weighted by molar-refractivity contribution is 5.88. The Bertz CT molecular complexity index is 936. The highest BCUT2D eigenvalue weighted by atomic mass is 16.3. The Morgan fingerprint density at radius 2 is 1.97 bits per heavy atom. The van der Waals surface area contributed by atoms with Crippen molar-refractivity contribution in [3.05, 3.63) is 60.0 Å². The number of aromatic nitrogens is 2. The molecule has 0 amide bonds. The van der Waals surface area contributed by atoms with E-state index in [1.807, 2.05) is 18.3 Å². The van der Waals surface area contributed by atoms with E-state index in [1.54, 1.807) is 12.4 Å². The maximum Gasteiger partial charge on any atom is 0.125 e. The zero-order chi connectivity index (χ0) is 20.1. The van der Waals surface area contributed by atoms with E-state index in [2.05, 4.69) is 50.7 Å². The van der Waals surface area contributed by atoms with Crippen LogP contribution < -0.4 is 10.6 Å². The van der Waals surface area contributed by atoms with Gasteiger partial charge < -0.3 is 20.6 Å². The number of nitrogens with one attached hydrogen (secondary N) is 2. The van der Waals surface area contributed by atoms with Crippen LogP contribution in [0.15, 0.2) is 48.9 Å². The fourth-order valence-corrected chi connectivity index (χ4v) is 3.86. The van der Waals surface area contributed by atoms with Crippen molar-refractivity contribution in [2.24, 2.45) is 5.92 Å². The maximum atomic E-state index is 9.66. The molecule has 1 aliphatic heterocycles. The van der Waals surface area contributed by atoms with E-state index in [9.17, 15) is 5.11 Å². The number of piperidine rings is 1. The minimum atomic E-state index is -0.00306. The van der Waals surface area contributed by atoms with Crippen molar-refractivity contribution in [1.82, 2.24) is 14.9 Å². The average Bonchev–Trinajstić information content (AvgIpc) is 2.77. The van der Waals surface area contributed by atoms with E-state index in [0.717, 1.165) is 45.9 Å². The molecule has 0 atom stereocenters. The van der Waals surface area contributed by atoms with Crippen LogP contribution in [0.5, 0.6) is 0 Å². The number of benzene rings is 1. The van der Waals surface area contributed by atoms with Crippen LogP contribution in [0.3, 0.4) is 0 Å². The van der Waals surface area contributed by atoms with E-state index in [0.29, 0.717) is 6.54 Å². The van der Waals surface area contributed by atoms with Gasteiger partial charge in [-0.3, -0.25) is 4.98 Å². The van der Waals surface area contributed by atoms with E-state index in [-0.39, 0.29) is 6.61 Å². The number of pyridine rings is 2. The first kappa shape index (κ1) is 19.6. The third-order valence-corrected chi connectivity index (χ3v) is 5.74. The van der Waals surface area contributed by atoms with Gasteiger partial charge in [0.1, 0.15) is 5.82 Å². The number of rotatable bonds is 7. The molecule has 0 saturated carbocycles. The molecule has 6 nitrogen and oxygen atoms in total. The van der Waals surface area contributed by atoms with Gasteiger partial charge in [0.05, 0.1) is 6.61 Å². The molecule has 3 N–H and O–H groups in total. The van der Waals surface area contributed by atoms with Crippen LogP contribution in [0.4, 0.5) is 11.5 Å². The zero-order valence-electron chi connectivity index (χ0n) is 16.9. The predicted octanol–water partition coefficient (Wildman–Crippen LogP) is 3.49. The fraction of sp³-hybridized carbons (Fsp3) is 0.391. The van der Waals surface area contributed by atoms with Crippen molar-refractivity contribution in [2.45, 2.75) is 26.0 Å². The van der Waals surface area contributed by atoms with Gasteiger partial charge in [-0.2, -0.15) is 0 Å². The topological polar surface area (TPSA) is 73.3 Å². The summed E-state index contributed by atoms with van der Waals surface area (Å²) in [4.78, 5) is 11.1. The summed E-state index contributed by atoms with van der Waals surface area (Å²) in [6.07, 6.45) is 7.99. The van der Waals surface area contributed by atoms with E-state index < -0.39 is 0 Å². The largest absolute Gasteiger partial charge is 0.392 e. The van der Waals surface area contributed by atoms with Gasteiger partial charge in [0, 0.05) is 42.8 Å². The standard InChI is InChI=1S/C23H29N5O/c1-28-8-5-17(6-9-28)12-26-23-3-2-18(14-27-23)13-25-21-10-19-4-7-24-15-22(19)20(11-21)16-29/h2-4,7,10-11,14-15,17,25,29H,5-6,8-9,12-13,16H2,1H3,(H,26,27). The Labute approximate surface area is 172 Å². The summed E-state index contributed by atoms with van der Waals surface area (Å²) in [5, 5.41) is 18.6. The summed E-state index contributed by atoms with van der Waals surface area (Å²) >= 11 is 0. The molecule has 1 saturated heterocycles. The molecular weight excluding hydrogens is 362 g/mol. The second-order valence-corrected chi connectivity index (χ2v) is 7.92. The van der Waals surface area contributed by atoms with Gasteiger partial charge in [0.2, 0.25) is 0 Å². The number of fused-ring (bicyclic) bond motifs is 1. The van der Waals surface area contributed by atoms with Crippen LogP contribution in [-0.2, 0) is 13.2 Å². The Hall–Kier alpha value is -2.70. The quantitative estimate of drug-likeness (QED) is 0.573. The lowest BCUT2D eigenvalue weighted by atomic mass is 9.97. The number of aliphatic hydroxyl groups is 1. The van der Waals surface area contributed by atoms with E-state index in [1.165, 1.54) is 25.9 Å². The van der Waals surface area contributed by atoms with Crippen molar-refractivity contribution >= 4 is 22.3 Å². The normalized spacial score (nSPS) is 15.5. The van der Waals surface area contributed by atoms with Crippen LogP contribution in [0, 0.1) is 5.92 Å². The number of aliphatic hydroxyl groups excluding tert-OH is 1. The lowest BCUT2D eigenvalue weighted by Crippen LogP contribution is -2.33. The number of hydrogen-bond donors (Lipinski definition) is 3. The van der Waals surface area contributed by atoms with Crippen LogP contribution in [-0.4, -0.2) is 46.7 Å². The van der Waals surface area contributed by atoms with Gasteiger partial charge in [0.15, 0.2) is 0 Å². The van der Waals surface area contributed by atoms with Crippen molar-refractivity contribution in [1.29, 1.82) is 0 Å². The molecule has 0 bridgehead atoms. The van der Waals surface area contributed by atoms with Gasteiger partial charge in [0.25, 0.3) is 0 Å². The summed E-state index contributed by atoms with van der Waals surface area (Å²) < 4.78 is 0. The third-order valence-electron chi connectivity index (χ3n) is 5.74. The molecule has 29 heavy (non-hydrogen) atoms. The molecule has 152 valence electrons. The monoisotopic (exact) mass is 391 g/mol. The van der Waals surface area contributed by atoms with Crippen molar-refractivity contribution < 1.29 is 5.11 Å². The Kier molecular flexibility index (Phi) is 6.22. The Morgan fingerprint density at radius 1 is 1.10 bits per heavy atom. The SMILES string of the molecule is CN1CCC(CNc2ccc(CNc3cc(CO)c4cnccc4c3)cn2)CC1. The second-order valence-electron chi connectivity index (χ2n) is 7.92. The Balaban J connectivity index is 1.33. The third kappa shape index (κ3) is 5.02. The second kappa shape index (κ2) is 9.20. The van der Waals surface area contributed by atoms with Crippen LogP contribution in [0.1, 0.15) is 24.0 Å². The minimum Gasteiger partial charge on any atom is -0.392 e. The molecule has 1 aromatic carbocycles. The van der Waals surface area contributed by atoms with E-state index in [4.69, 9.17) is 0 Å². The number of hydrogen-bond acceptors (Lipinski definition) is 6. The summed E-state index contributed by atoms with van der Waals surface area (Å²) in [6, 6.07) is 10.2. The van der Waals surface area contributed by atoms with Gasteiger partial charge in [-0.15, -0.1) is 0 Å². The molecule has 1 aliphatic rings. The molecule has 6 heteroatoms. The molecular formula is C23H29N5O. The molecule has 0 spiro atoms. The van der Waals surface area contributed by atoms with E-state index >= 15 is 0 Å². The lowest BCUT2D eigenvalue weighted by molar-refractivity contribution is 0.226. The van der Waals surface area contributed by atoms with Crippen molar-refractivity contribution in [2.75, 3.05) is 37.3 Å². The molecule has 0 unspecified atom stereocenters. The Morgan fingerprint density at radius 3 is 2.72 bits per heavy atom. The molecule has 4 rings (SSSR count). The van der Waals surface area contributed by atoms with Crippen LogP contribution >= 0.6 is 0 Å². The average molecular weight is 392 g/mol. The van der Waals surface area contributed by atoms with Gasteiger partial charge in [-0.1, -0.05) is 6.07 Å². The molecule has 0 aliphatic carbocycles. The number of nitrogens with zero attached hydrogens (tertiary/aromatic N) is 3. The van der Waals surface area contributed by atoms with Crippen LogP contribution in [0.25, 0.3) is 10.8 Å². The number of likely N-dealkylation sites (tertiary alicyclic amines) is 1. The smallest absolute Gasteiger partial charge is 0.125 e. The fourth-order valence-electron chi connectivity index (χ4n) is 3.86. The lowest BCUT2D eigenvalue weighted by Gasteiger charge is -2.29.